The van der Waals surface area contributed by atoms with Crippen LogP contribution in [0.25, 0.3) is 33.6 Å². The summed E-state index contributed by atoms with van der Waals surface area (Å²) in [5, 5.41) is 10.7. The molecule has 245 valence electrons. The average molecular weight is 789 g/mol. The van der Waals surface area contributed by atoms with Gasteiger partial charge >= 0.3 is 0 Å². The molecule has 1 radical (unpaired) electrons. The maximum absolute atomic E-state index is 11.7. The SMILES string of the molecule is CCC(CC)C(=O)/C=C(\O)C(CC)CC.[2H]C(C)(C)c1cccc(C([2H])(C)C)c1-c1cc2cnc(-c3[c-]c(C)cc(C)c3)cc2o1.[Ir]. The van der Waals surface area contributed by atoms with Gasteiger partial charge in [-0.25, -0.2) is 0 Å². The number of aliphatic hydroxyl groups excluding tert-OH is 1. The third-order valence-corrected chi connectivity index (χ3v) is 8.30. The Balaban J connectivity index is 0.000000410. The molecule has 0 bridgehead atoms. The molecular weight excluding hydrogens is 735 g/mol. The van der Waals surface area contributed by atoms with Crippen molar-refractivity contribution < 1.29 is 37.2 Å². The van der Waals surface area contributed by atoms with E-state index in [9.17, 15) is 9.90 Å². The molecule has 0 spiro atoms. The van der Waals surface area contributed by atoms with Crippen molar-refractivity contribution in [1.29, 1.82) is 0 Å². The molecule has 0 aliphatic heterocycles. The number of nitrogens with zero attached hydrogens (tertiary/aromatic N) is 1. The second-order valence-electron chi connectivity index (χ2n) is 12.2. The normalized spacial score (nSPS) is 12.8. The van der Waals surface area contributed by atoms with Gasteiger partial charge in [0, 0.05) is 57.9 Å². The second-order valence-corrected chi connectivity index (χ2v) is 12.2. The zero-order valence-corrected chi connectivity index (χ0v) is 31.1. The number of furan rings is 1. The van der Waals surface area contributed by atoms with Gasteiger partial charge in [-0.1, -0.05) is 87.4 Å². The van der Waals surface area contributed by atoms with Gasteiger partial charge in [-0.2, -0.15) is 0 Å². The van der Waals surface area contributed by atoms with Crippen molar-refractivity contribution >= 4 is 16.8 Å². The number of benzene rings is 2. The Morgan fingerprint density at radius 1 is 0.933 bits per heavy atom. The fourth-order valence-corrected chi connectivity index (χ4v) is 5.67. The average Bonchev–Trinajstić information content (AvgIpc) is 3.40. The van der Waals surface area contributed by atoms with Gasteiger partial charge in [-0.05, 0) is 66.4 Å². The molecule has 5 heteroatoms. The molecule has 2 aromatic carbocycles. The number of carbonyl (C=O) groups is 1. The summed E-state index contributed by atoms with van der Waals surface area (Å²) in [7, 11) is 0. The Morgan fingerprint density at radius 3 is 2.02 bits per heavy atom. The summed E-state index contributed by atoms with van der Waals surface area (Å²) in [5.74, 6) is -0.434. The molecule has 0 unspecified atom stereocenters. The van der Waals surface area contributed by atoms with E-state index in [0.29, 0.717) is 5.76 Å². The van der Waals surface area contributed by atoms with Crippen molar-refractivity contribution in [3.05, 3.63) is 88.8 Å². The summed E-state index contributed by atoms with van der Waals surface area (Å²) >= 11 is 0. The van der Waals surface area contributed by atoms with Crippen LogP contribution in [0.4, 0.5) is 0 Å². The summed E-state index contributed by atoms with van der Waals surface area (Å²) in [5.41, 5.74) is 7.26. The largest absolute Gasteiger partial charge is 0.512 e. The molecule has 4 rings (SSSR count). The first-order chi connectivity index (χ1) is 21.5. The van der Waals surface area contributed by atoms with E-state index in [1.54, 1.807) is 0 Å². The molecular formula is C40H52IrNO3-. The summed E-state index contributed by atoms with van der Waals surface area (Å²) in [6.45, 7) is 19.6. The number of hydrogen-bond acceptors (Lipinski definition) is 4. The van der Waals surface area contributed by atoms with Crippen molar-refractivity contribution in [3.8, 4) is 22.6 Å². The number of aliphatic hydroxyl groups is 1. The number of fused-ring (bicyclic) bond motifs is 1. The number of ketones is 1. The van der Waals surface area contributed by atoms with Crippen LogP contribution in [0.3, 0.4) is 0 Å². The molecule has 0 fully saturated rings. The maximum atomic E-state index is 11.7. The van der Waals surface area contributed by atoms with E-state index in [-0.39, 0.29) is 43.5 Å². The van der Waals surface area contributed by atoms with Gasteiger partial charge in [0.05, 0.1) is 5.76 Å². The minimum Gasteiger partial charge on any atom is -0.512 e. The fraction of sp³-hybridized carbons (Fsp3) is 0.450. The fourth-order valence-electron chi connectivity index (χ4n) is 5.67. The molecule has 0 saturated heterocycles. The minimum absolute atomic E-state index is 0. The summed E-state index contributed by atoms with van der Waals surface area (Å²) < 4.78 is 23.7. The first kappa shape index (κ1) is 34.9. The van der Waals surface area contributed by atoms with E-state index >= 15 is 0 Å². The van der Waals surface area contributed by atoms with Gasteiger partial charge in [0.15, 0.2) is 5.78 Å². The summed E-state index contributed by atoms with van der Waals surface area (Å²) in [6.07, 6.45) is 6.73. The van der Waals surface area contributed by atoms with Crippen LogP contribution in [0.15, 0.2) is 64.9 Å². The van der Waals surface area contributed by atoms with E-state index in [2.05, 4.69) is 30.1 Å². The van der Waals surface area contributed by atoms with E-state index in [1.807, 2.05) is 98.8 Å². The van der Waals surface area contributed by atoms with Crippen molar-refractivity contribution in [2.45, 2.75) is 107 Å². The topological polar surface area (TPSA) is 63.3 Å². The van der Waals surface area contributed by atoms with Crippen molar-refractivity contribution in [2.24, 2.45) is 11.8 Å². The smallest absolute Gasteiger partial charge is 0.162 e. The summed E-state index contributed by atoms with van der Waals surface area (Å²) in [6, 6.07) is 17.3. The van der Waals surface area contributed by atoms with Gasteiger partial charge in [-0.15, -0.1) is 34.9 Å². The van der Waals surface area contributed by atoms with Gasteiger partial charge in [-0.3, -0.25) is 4.79 Å². The van der Waals surface area contributed by atoms with Gasteiger partial charge < -0.3 is 14.5 Å². The first-order valence-corrected chi connectivity index (χ1v) is 16.0. The number of allylic oxidation sites excluding steroid dienone is 2. The van der Waals surface area contributed by atoms with Crippen LogP contribution in [-0.4, -0.2) is 15.9 Å². The third-order valence-electron chi connectivity index (χ3n) is 8.30. The Kier molecular flexibility index (Phi) is 13.6. The number of aromatic nitrogens is 1. The molecule has 2 heterocycles. The van der Waals surface area contributed by atoms with Crippen LogP contribution in [0, 0.1) is 31.7 Å². The Labute approximate surface area is 287 Å². The standard InChI is InChI=1S/C27H28NO.C13H24O2.Ir/c1-16(2)22-8-7-9-23(17(3)4)27(22)26-13-21-15-28-24(14-25(21)29-26)20-11-18(5)10-19(6)12-20;1-5-10(6-2)12(14)9-13(15)11(7-3)8-4;/h7-11,13-17H,1-6H3;9-11,14H,5-8H2,1-4H3;/q-1;;/b;12-9-;/i16D,17D;;. The molecule has 0 atom stereocenters. The summed E-state index contributed by atoms with van der Waals surface area (Å²) in [4.78, 5) is 16.4. The predicted octanol–water partition coefficient (Wildman–Crippen LogP) is 11.7. The van der Waals surface area contributed by atoms with E-state index in [4.69, 9.17) is 7.16 Å². The van der Waals surface area contributed by atoms with Crippen molar-refractivity contribution in [3.63, 3.8) is 0 Å². The number of hydrogen-bond donors (Lipinski definition) is 1. The quantitative estimate of drug-likeness (QED) is 0.0934. The van der Waals surface area contributed by atoms with Crippen molar-refractivity contribution in [2.75, 3.05) is 0 Å². The molecule has 4 aromatic rings. The van der Waals surface area contributed by atoms with Crippen LogP contribution in [-0.2, 0) is 24.9 Å². The number of carbonyl (C=O) groups excluding carboxylic acids is 1. The van der Waals surface area contributed by atoms with Crippen LogP contribution in [0.1, 0.15) is 118 Å². The zero-order chi connectivity index (χ0) is 34.4. The molecule has 45 heavy (non-hydrogen) atoms. The second kappa shape index (κ2) is 17.6. The van der Waals surface area contributed by atoms with Crippen LogP contribution in [0.5, 0.6) is 0 Å². The van der Waals surface area contributed by atoms with E-state index in [0.717, 1.165) is 70.2 Å². The van der Waals surface area contributed by atoms with E-state index < -0.39 is 11.8 Å². The molecule has 0 amide bonds. The Hall–Kier alpha value is -3.01. The van der Waals surface area contributed by atoms with Crippen LogP contribution in [0.2, 0.25) is 0 Å². The third kappa shape index (κ3) is 9.74. The van der Waals surface area contributed by atoms with Gasteiger partial charge in [0.25, 0.3) is 0 Å². The van der Waals surface area contributed by atoms with Gasteiger partial charge in [0.2, 0.25) is 0 Å². The Morgan fingerprint density at radius 2 is 1.51 bits per heavy atom. The number of aryl methyl sites for hydroxylation is 2. The Bertz CT molecular complexity index is 1620. The predicted molar refractivity (Wildman–Crippen MR) is 185 cm³/mol. The number of rotatable bonds is 11. The van der Waals surface area contributed by atoms with Crippen molar-refractivity contribution in [1.82, 2.24) is 4.98 Å². The number of pyridine rings is 1. The first-order valence-electron chi connectivity index (χ1n) is 17.0. The molecule has 1 N–H and O–H groups in total. The molecule has 0 aliphatic rings. The van der Waals surface area contributed by atoms with Gasteiger partial charge in [0.1, 0.15) is 11.3 Å². The minimum atomic E-state index is -0.826. The van der Waals surface area contributed by atoms with Crippen LogP contribution >= 0.6 is 0 Å². The zero-order valence-electron chi connectivity index (χ0n) is 30.7. The molecule has 0 aliphatic carbocycles. The molecule has 0 saturated carbocycles. The van der Waals surface area contributed by atoms with Crippen LogP contribution < -0.4 is 0 Å². The molecule has 4 nitrogen and oxygen atoms in total. The van der Waals surface area contributed by atoms with E-state index in [1.165, 1.54) is 11.6 Å². The monoisotopic (exact) mass is 789 g/mol. The maximum Gasteiger partial charge on any atom is 0.162 e. The molecule has 2 aromatic heterocycles.